The molecule has 2 rings (SSSR count). The average Bonchev–Trinajstić information content (AvgIpc) is 3.05. The van der Waals surface area contributed by atoms with Gasteiger partial charge in [0.2, 0.25) is 0 Å². The standard InChI is InChI=1S/C15H18FNO3S/c16-13-4-3-11(6-12(13)14-2-1-5-21-14)7-17-15(8-18,9-19)10-20/h1-6,17-20H,7-10H2. The molecule has 1 aromatic carbocycles. The quantitative estimate of drug-likeness (QED) is 0.623. The Morgan fingerprint density at radius 1 is 1.10 bits per heavy atom. The molecule has 6 heteroatoms. The van der Waals surface area contributed by atoms with Crippen LogP contribution in [0, 0.1) is 5.82 Å². The Labute approximate surface area is 126 Å². The van der Waals surface area contributed by atoms with Gasteiger partial charge >= 0.3 is 0 Å². The van der Waals surface area contributed by atoms with Gasteiger partial charge in [-0.15, -0.1) is 11.3 Å². The lowest BCUT2D eigenvalue weighted by atomic mass is 10.0. The number of rotatable bonds is 7. The van der Waals surface area contributed by atoms with Crippen molar-refractivity contribution in [2.75, 3.05) is 19.8 Å². The third-order valence-corrected chi connectivity index (χ3v) is 4.30. The van der Waals surface area contributed by atoms with Crippen LogP contribution < -0.4 is 5.32 Å². The highest BCUT2D eigenvalue weighted by Crippen LogP contribution is 2.28. The van der Waals surface area contributed by atoms with Crippen molar-refractivity contribution in [1.82, 2.24) is 5.32 Å². The van der Waals surface area contributed by atoms with E-state index in [9.17, 15) is 19.7 Å². The van der Waals surface area contributed by atoms with Gasteiger partial charge in [0.1, 0.15) is 5.82 Å². The maximum atomic E-state index is 13.9. The molecular weight excluding hydrogens is 293 g/mol. The molecular formula is C15H18FNO3S. The number of halogens is 1. The van der Waals surface area contributed by atoms with Crippen LogP contribution in [-0.2, 0) is 6.54 Å². The summed E-state index contributed by atoms with van der Waals surface area (Å²) in [5.41, 5.74) is 0.184. The van der Waals surface area contributed by atoms with Gasteiger partial charge in [-0.05, 0) is 29.1 Å². The highest BCUT2D eigenvalue weighted by Gasteiger charge is 2.27. The van der Waals surface area contributed by atoms with E-state index in [-0.39, 0.29) is 25.6 Å². The minimum atomic E-state index is -1.14. The van der Waals surface area contributed by atoms with E-state index in [2.05, 4.69) is 5.32 Å². The van der Waals surface area contributed by atoms with Crippen molar-refractivity contribution in [2.45, 2.75) is 12.1 Å². The van der Waals surface area contributed by atoms with Crippen LogP contribution in [0.4, 0.5) is 4.39 Å². The first-order valence-corrected chi connectivity index (χ1v) is 7.42. The number of nitrogens with one attached hydrogen (secondary N) is 1. The summed E-state index contributed by atoms with van der Waals surface area (Å²) in [6, 6.07) is 8.46. The largest absolute Gasteiger partial charge is 0.394 e. The van der Waals surface area contributed by atoms with Crippen molar-refractivity contribution in [2.24, 2.45) is 0 Å². The van der Waals surface area contributed by atoms with Gasteiger partial charge in [0, 0.05) is 17.0 Å². The topological polar surface area (TPSA) is 72.7 Å². The predicted octanol–water partition coefficient (Wildman–Crippen LogP) is 1.36. The van der Waals surface area contributed by atoms with E-state index in [1.54, 1.807) is 12.1 Å². The smallest absolute Gasteiger partial charge is 0.131 e. The molecule has 0 atom stereocenters. The molecule has 0 amide bonds. The van der Waals surface area contributed by atoms with Crippen molar-refractivity contribution in [3.8, 4) is 10.4 Å². The van der Waals surface area contributed by atoms with Crippen LogP contribution in [0.15, 0.2) is 35.7 Å². The molecule has 1 heterocycles. The molecule has 0 aliphatic rings. The van der Waals surface area contributed by atoms with Crippen molar-refractivity contribution in [3.63, 3.8) is 0 Å². The molecule has 0 aliphatic heterocycles. The van der Waals surface area contributed by atoms with Gasteiger partial charge in [-0.2, -0.15) is 0 Å². The number of benzene rings is 1. The monoisotopic (exact) mass is 311 g/mol. The summed E-state index contributed by atoms with van der Waals surface area (Å²) >= 11 is 1.46. The Morgan fingerprint density at radius 3 is 2.38 bits per heavy atom. The van der Waals surface area contributed by atoms with Crippen LogP contribution in [0.1, 0.15) is 5.56 Å². The molecule has 0 radical (unpaired) electrons. The Bertz CT molecular complexity index is 562. The summed E-state index contributed by atoms with van der Waals surface area (Å²) < 4.78 is 13.9. The number of thiophene rings is 1. The minimum absolute atomic E-state index is 0.293. The molecule has 0 saturated heterocycles. The molecule has 0 spiro atoms. The molecule has 21 heavy (non-hydrogen) atoms. The molecule has 0 saturated carbocycles. The highest BCUT2D eigenvalue weighted by atomic mass is 32.1. The van der Waals surface area contributed by atoms with Crippen LogP contribution in [0.5, 0.6) is 0 Å². The molecule has 1 aromatic heterocycles. The van der Waals surface area contributed by atoms with Crippen LogP contribution in [-0.4, -0.2) is 40.7 Å². The first-order chi connectivity index (χ1) is 10.1. The molecule has 0 aliphatic carbocycles. The van der Waals surface area contributed by atoms with Gasteiger partial charge in [0.05, 0.1) is 25.4 Å². The van der Waals surface area contributed by atoms with E-state index in [1.165, 1.54) is 17.4 Å². The van der Waals surface area contributed by atoms with E-state index in [0.717, 1.165) is 10.4 Å². The Morgan fingerprint density at radius 2 is 1.81 bits per heavy atom. The zero-order valence-electron chi connectivity index (χ0n) is 11.4. The van der Waals surface area contributed by atoms with E-state index < -0.39 is 5.54 Å². The molecule has 4 nitrogen and oxygen atoms in total. The third kappa shape index (κ3) is 3.66. The van der Waals surface area contributed by atoms with E-state index in [4.69, 9.17) is 0 Å². The fraction of sp³-hybridized carbons (Fsp3) is 0.333. The van der Waals surface area contributed by atoms with Crippen LogP contribution in [0.25, 0.3) is 10.4 Å². The van der Waals surface area contributed by atoms with E-state index in [0.29, 0.717) is 12.1 Å². The lowest BCUT2D eigenvalue weighted by Crippen LogP contribution is -2.54. The summed E-state index contributed by atoms with van der Waals surface area (Å²) in [7, 11) is 0. The predicted molar refractivity (Wildman–Crippen MR) is 80.5 cm³/mol. The second-order valence-corrected chi connectivity index (χ2v) is 5.85. The molecule has 2 aromatic rings. The average molecular weight is 311 g/mol. The van der Waals surface area contributed by atoms with Crippen LogP contribution in [0.2, 0.25) is 0 Å². The maximum absolute atomic E-state index is 13.9. The van der Waals surface area contributed by atoms with Crippen molar-refractivity contribution in [3.05, 3.63) is 47.1 Å². The molecule has 0 fully saturated rings. The number of hydrogen-bond donors (Lipinski definition) is 4. The van der Waals surface area contributed by atoms with Gasteiger partial charge in [-0.3, -0.25) is 0 Å². The zero-order chi connectivity index (χ0) is 15.3. The number of aliphatic hydroxyl groups is 3. The van der Waals surface area contributed by atoms with Crippen LogP contribution >= 0.6 is 11.3 Å². The fourth-order valence-electron chi connectivity index (χ4n) is 1.91. The van der Waals surface area contributed by atoms with Crippen molar-refractivity contribution in [1.29, 1.82) is 0 Å². The zero-order valence-corrected chi connectivity index (χ0v) is 12.2. The number of hydrogen-bond acceptors (Lipinski definition) is 5. The lowest BCUT2D eigenvalue weighted by molar-refractivity contribution is 0.0414. The summed E-state index contributed by atoms with van der Waals surface area (Å²) in [5.74, 6) is -0.293. The second-order valence-electron chi connectivity index (χ2n) is 4.90. The minimum Gasteiger partial charge on any atom is -0.394 e. The molecule has 0 bridgehead atoms. The van der Waals surface area contributed by atoms with Gasteiger partial charge < -0.3 is 20.6 Å². The van der Waals surface area contributed by atoms with Gasteiger partial charge in [0.15, 0.2) is 0 Å². The first-order valence-electron chi connectivity index (χ1n) is 6.54. The molecule has 0 unspecified atom stereocenters. The summed E-state index contributed by atoms with van der Waals surface area (Å²) in [6.45, 7) is -0.864. The van der Waals surface area contributed by atoms with Crippen molar-refractivity contribution >= 4 is 11.3 Å². The highest BCUT2D eigenvalue weighted by molar-refractivity contribution is 7.13. The Kier molecular flexibility index (Phi) is 5.44. The number of aliphatic hydroxyl groups excluding tert-OH is 3. The summed E-state index contributed by atoms with van der Waals surface area (Å²) in [4.78, 5) is 0.840. The van der Waals surface area contributed by atoms with Gasteiger partial charge in [0.25, 0.3) is 0 Å². The Balaban J connectivity index is 2.17. The van der Waals surface area contributed by atoms with Crippen LogP contribution in [0.3, 0.4) is 0 Å². The Hall–Kier alpha value is -1.31. The first kappa shape index (κ1) is 16.1. The second kappa shape index (κ2) is 7.11. The van der Waals surface area contributed by atoms with Crippen molar-refractivity contribution < 1.29 is 19.7 Å². The van der Waals surface area contributed by atoms with Gasteiger partial charge in [-0.1, -0.05) is 12.1 Å². The SMILES string of the molecule is OCC(CO)(CO)NCc1ccc(F)c(-c2cccs2)c1. The van der Waals surface area contributed by atoms with Gasteiger partial charge in [-0.25, -0.2) is 4.39 Å². The maximum Gasteiger partial charge on any atom is 0.131 e. The van der Waals surface area contributed by atoms with E-state index in [1.807, 2.05) is 17.5 Å². The molecule has 4 N–H and O–H groups in total. The summed E-state index contributed by atoms with van der Waals surface area (Å²) in [6.07, 6.45) is 0. The lowest BCUT2D eigenvalue weighted by Gasteiger charge is -2.29. The summed E-state index contributed by atoms with van der Waals surface area (Å²) in [5, 5.41) is 32.6. The normalized spacial score (nSPS) is 11.8. The molecule has 114 valence electrons. The third-order valence-electron chi connectivity index (χ3n) is 3.39. The van der Waals surface area contributed by atoms with E-state index >= 15 is 0 Å². The fourth-order valence-corrected chi connectivity index (χ4v) is 2.65.